The number of hydrogen-bond acceptors (Lipinski definition) is 1. The lowest BCUT2D eigenvalue weighted by Crippen LogP contribution is -2.13. The van der Waals surface area contributed by atoms with Gasteiger partial charge >= 0.3 is 0 Å². The summed E-state index contributed by atoms with van der Waals surface area (Å²) >= 11 is 0. The molecule has 2 rings (SSSR count). The van der Waals surface area contributed by atoms with Crippen LogP contribution in [0.5, 0.6) is 0 Å². The van der Waals surface area contributed by atoms with Crippen molar-refractivity contribution < 1.29 is 9.18 Å². The zero-order valence-corrected chi connectivity index (χ0v) is 12.4. The maximum atomic E-state index is 13.4. The first-order valence-electron chi connectivity index (χ1n) is 7.19. The van der Waals surface area contributed by atoms with Gasteiger partial charge in [-0.25, -0.2) is 4.39 Å². The molecule has 0 saturated heterocycles. The fraction of sp³-hybridized carbons (Fsp3) is 0.278. The van der Waals surface area contributed by atoms with E-state index in [0.717, 1.165) is 5.56 Å². The molecule has 21 heavy (non-hydrogen) atoms. The smallest absolute Gasteiger partial charge is 0.224 e. The van der Waals surface area contributed by atoms with Crippen LogP contribution in [0.2, 0.25) is 0 Å². The minimum absolute atomic E-state index is 0.173. The summed E-state index contributed by atoms with van der Waals surface area (Å²) < 4.78 is 13.4. The Bertz CT molecular complexity index is 605. The molecular weight excluding hydrogens is 265 g/mol. The molecule has 0 aliphatic rings. The number of benzene rings is 2. The predicted molar refractivity (Wildman–Crippen MR) is 83.9 cm³/mol. The van der Waals surface area contributed by atoms with E-state index in [9.17, 15) is 9.18 Å². The second-order valence-electron chi connectivity index (χ2n) is 5.42. The fourth-order valence-corrected chi connectivity index (χ4v) is 2.10. The molecule has 110 valence electrons. The average Bonchev–Trinajstić information content (AvgIpc) is 2.48. The van der Waals surface area contributed by atoms with Gasteiger partial charge in [0, 0.05) is 6.42 Å². The van der Waals surface area contributed by atoms with Gasteiger partial charge in [-0.05, 0) is 35.6 Å². The second-order valence-corrected chi connectivity index (χ2v) is 5.42. The Hall–Kier alpha value is -2.16. The van der Waals surface area contributed by atoms with E-state index in [2.05, 4.69) is 31.3 Å². The Morgan fingerprint density at radius 2 is 1.76 bits per heavy atom. The summed E-state index contributed by atoms with van der Waals surface area (Å²) in [6, 6.07) is 14.5. The van der Waals surface area contributed by atoms with Crippen LogP contribution in [-0.4, -0.2) is 5.91 Å². The van der Waals surface area contributed by atoms with Crippen molar-refractivity contribution in [1.82, 2.24) is 0 Å². The molecule has 0 atom stereocenters. The number of rotatable bonds is 5. The first-order chi connectivity index (χ1) is 10.1. The van der Waals surface area contributed by atoms with Crippen molar-refractivity contribution in [2.75, 3.05) is 5.32 Å². The van der Waals surface area contributed by atoms with Crippen LogP contribution >= 0.6 is 0 Å². The van der Waals surface area contributed by atoms with E-state index >= 15 is 0 Å². The highest BCUT2D eigenvalue weighted by Crippen LogP contribution is 2.16. The van der Waals surface area contributed by atoms with Gasteiger partial charge in [-0.15, -0.1) is 0 Å². The van der Waals surface area contributed by atoms with Crippen molar-refractivity contribution in [3.63, 3.8) is 0 Å². The molecule has 0 bridgehead atoms. The van der Waals surface area contributed by atoms with E-state index < -0.39 is 5.82 Å². The van der Waals surface area contributed by atoms with Gasteiger partial charge in [-0.1, -0.05) is 50.2 Å². The highest BCUT2D eigenvalue weighted by Gasteiger charge is 2.07. The summed E-state index contributed by atoms with van der Waals surface area (Å²) in [6.45, 7) is 4.30. The monoisotopic (exact) mass is 285 g/mol. The van der Waals surface area contributed by atoms with Crippen LogP contribution in [0.4, 0.5) is 10.1 Å². The zero-order valence-electron chi connectivity index (χ0n) is 12.4. The molecule has 2 aromatic carbocycles. The summed E-state index contributed by atoms with van der Waals surface area (Å²) in [6.07, 6.45) is 0.994. The predicted octanol–water partition coefficient (Wildman–Crippen LogP) is 4.52. The second kappa shape index (κ2) is 7.02. The largest absolute Gasteiger partial charge is 0.324 e. The first-order valence-corrected chi connectivity index (χ1v) is 7.19. The SMILES string of the molecule is CC(C)c1ccc(CCC(=O)Nc2ccccc2F)cc1. The average molecular weight is 285 g/mol. The summed E-state index contributed by atoms with van der Waals surface area (Å²) in [5, 5.41) is 2.60. The Morgan fingerprint density at radius 3 is 2.38 bits per heavy atom. The van der Waals surface area contributed by atoms with E-state index in [0.29, 0.717) is 18.8 Å². The molecule has 0 aliphatic carbocycles. The zero-order chi connectivity index (χ0) is 15.2. The number of carbonyl (C=O) groups excluding carboxylic acids is 1. The minimum atomic E-state index is -0.410. The van der Waals surface area contributed by atoms with Crippen LogP contribution in [0.3, 0.4) is 0 Å². The molecule has 0 heterocycles. The van der Waals surface area contributed by atoms with E-state index in [-0.39, 0.29) is 11.6 Å². The first kappa shape index (κ1) is 15.2. The number of carbonyl (C=O) groups is 1. The quantitative estimate of drug-likeness (QED) is 0.859. The Kier molecular flexibility index (Phi) is 5.09. The van der Waals surface area contributed by atoms with Gasteiger partial charge in [0.2, 0.25) is 5.91 Å². The van der Waals surface area contributed by atoms with E-state index in [4.69, 9.17) is 0 Å². The van der Waals surface area contributed by atoms with Crippen molar-refractivity contribution in [3.05, 3.63) is 65.5 Å². The third kappa shape index (κ3) is 4.42. The van der Waals surface area contributed by atoms with Gasteiger partial charge in [0.05, 0.1) is 5.69 Å². The molecule has 0 radical (unpaired) electrons. The van der Waals surface area contributed by atoms with E-state index in [1.165, 1.54) is 11.6 Å². The maximum absolute atomic E-state index is 13.4. The summed E-state index contributed by atoms with van der Waals surface area (Å²) in [5.41, 5.74) is 2.63. The lowest BCUT2D eigenvalue weighted by Gasteiger charge is -2.08. The topological polar surface area (TPSA) is 29.1 Å². The number of para-hydroxylation sites is 1. The number of amides is 1. The van der Waals surface area contributed by atoms with Crippen molar-refractivity contribution in [1.29, 1.82) is 0 Å². The van der Waals surface area contributed by atoms with Crippen LogP contribution in [0.15, 0.2) is 48.5 Å². The Morgan fingerprint density at radius 1 is 1.10 bits per heavy atom. The molecule has 0 spiro atoms. The lowest BCUT2D eigenvalue weighted by molar-refractivity contribution is -0.116. The standard InChI is InChI=1S/C18H20FNO/c1-13(2)15-10-7-14(8-11-15)9-12-18(21)20-17-6-4-3-5-16(17)19/h3-8,10-11,13H,9,12H2,1-2H3,(H,20,21). The highest BCUT2D eigenvalue weighted by molar-refractivity contribution is 5.90. The van der Waals surface area contributed by atoms with Gasteiger partial charge < -0.3 is 5.32 Å². The van der Waals surface area contributed by atoms with Crippen LogP contribution in [0.25, 0.3) is 0 Å². The fourth-order valence-electron chi connectivity index (χ4n) is 2.10. The molecule has 0 fully saturated rings. The van der Waals surface area contributed by atoms with Crippen molar-refractivity contribution >= 4 is 11.6 Å². The number of hydrogen-bond donors (Lipinski definition) is 1. The van der Waals surface area contributed by atoms with Crippen molar-refractivity contribution in [3.8, 4) is 0 Å². The highest BCUT2D eigenvalue weighted by atomic mass is 19.1. The van der Waals surface area contributed by atoms with Gasteiger partial charge in [-0.2, -0.15) is 0 Å². The van der Waals surface area contributed by atoms with E-state index in [1.807, 2.05) is 12.1 Å². The van der Waals surface area contributed by atoms with Gasteiger partial charge in [0.25, 0.3) is 0 Å². The van der Waals surface area contributed by atoms with Crippen molar-refractivity contribution in [2.45, 2.75) is 32.6 Å². The molecule has 0 unspecified atom stereocenters. The Balaban J connectivity index is 1.88. The summed E-state index contributed by atoms with van der Waals surface area (Å²) in [7, 11) is 0. The van der Waals surface area contributed by atoms with Crippen molar-refractivity contribution in [2.24, 2.45) is 0 Å². The number of halogens is 1. The van der Waals surface area contributed by atoms with Crippen LogP contribution < -0.4 is 5.32 Å². The number of aryl methyl sites for hydroxylation is 1. The Labute approximate surface area is 125 Å². The van der Waals surface area contributed by atoms with Crippen LogP contribution in [0.1, 0.15) is 37.3 Å². The molecule has 3 heteroatoms. The molecule has 0 aliphatic heterocycles. The maximum Gasteiger partial charge on any atom is 0.224 e. The number of anilines is 1. The normalized spacial score (nSPS) is 10.7. The van der Waals surface area contributed by atoms with Crippen LogP contribution in [-0.2, 0) is 11.2 Å². The summed E-state index contributed by atoms with van der Waals surface area (Å²) in [4.78, 5) is 11.8. The summed E-state index contributed by atoms with van der Waals surface area (Å²) in [5.74, 6) is -0.0800. The third-order valence-electron chi connectivity index (χ3n) is 3.44. The van der Waals surface area contributed by atoms with Gasteiger partial charge in [0.15, 0.2) is 0 Å². The molecule has 0 saturated carbocycles. The molecule has 2 nitrogen and oxygen atoms in total. The third-order valence-corrected chi connectivity index (χ3v) is 3.44. The molecule has 2 aromatic rings. The van der Waals surface area contributed by atoms with Crippen LogP contribution in [0, 0.1) is 5.82 Å². The molecule has 1 amide bonds. The molecule has 1 N–H and O–H groups in total. The molecule has 0 aromatic heterocycles. The lowest BCUT2D eigenvalue weighted by atomic mass is 10.0. The van der Waals surface area contributed by atoms with Gasteiger partial charge in [-0.3, -0.25) is 4.79 Å². The van der Waals surface area contributed by atoms with E-state index in [1.54, 1.807) is 18.2 Å². The minimum Gasteiger partial charge on any atom is -0.324 e. The van der Waals surface area contributed by atoms with Gasteiger partial charge in [0.1, 0.15) is 5.82 Å². The number of nitrogens with one attached hydrogen (secondary N) is 1. The molecular formula is C18H20FNO.